The van der Waals surface area contributed by atoms with E-state index in [2.05, 4.69) is 58.7 Å². The molecule has 3 heteroatoms. The van der Waals surface area contributed by atoms with Gasteiger partial charge in [-0.25, -0.2) is 4.39 Å². The lowest BCUT2D eigenvalue weighted by Crippen LogP contribution is -2.38. The summed E-state index contributed by atoms with van der Waals surface area (Å²) in [5.41, 5.74) is 1.79. The van der Waals surface area contributed by atoms with Crippen molar-refractivity contribution in [3.05, 3.63) is 29.6 Å². The van der Waals surface area contributed by atoms with Gasteiger partial charge in [-0.05, 0) is 52.2 Å². The standard InChI is InChI=1S/C18H31FN2/c1-13(2)12-21(14(3)4)17-15(9-8-10-16(17)19)11-20-18(5,6)7/h8-10,13-14,20H,11-12H2,1-7H3. The molecule has 0 saturated carbocycles. The molecule has 0 aliphatic heterocycles. The van der Waals surface area contributed by atoms with Crippen molar-refractivity contribution in [1.82, 2.24) is 5.32 Å². The Morgan fingerprint density at radius 3 is 2.24 bits per heavy atom. The van der Waals surface area contributed by atoms with Crippen LogP contribution in [-0.2, 0) is 6.54 Å². The fourth-order valence-corrected chi connectivity index (χ4v) is 2.34. The number of rotatable bonds is 6. The normalized spacial score (nSPS) is 12.3. The fraction of sp³-hybridized carbons (Fsp3) is 0.667. The van der Waals surface area contributed by atoms with Crippen molar-refractivity contribution in [2.75, 3.05) is 11.4 Å². The largest absolute Gasteiger partial charge is 0.366 e. The van der Waals surface area contributed by atoms with Crippen LogP contribution in [0.15, 0.2) is 18.2 Å². The van der Waals surface area contributed by atoms with E-state index in [9.17, 15) is 4.39 Å². The lowest BCUT2D eigenvalue weighted by Gasteiger charge is -2.33. The molecule has 0 aliphatic carbocycles. The molecule has 0 saturated heterocycles. The first-order valence-electron chi connectivity index (χ1n) is 7.91. The van der Waals surface area contributed by atoms with Crippen LogP contribution in [0.1, 0.15) is 54.0 Å². The van der Waals surface area contributed by atoms with Crippen LogP contribution in [0.25, 0.3) is 0 Å². The highest BCUT2D eigenvalue weighted by Gasteiger charge is 2.20. The molecule has 0 amide bonds. The van der Waals surface area contributed by atoms with Gasteiger partial charge in [0.1, 0.15) is 5.82 Å². The zero-order valence-corrected chi connectivity index (χ0v) is 14.6. The van der Waals surface area contributed by atoms with Crippen LogP contribution in [0.5, 0.6) is 0 Å². The maximum absolute atomic E-state index is 14.5. The van der Waals surface area contributed by atoms with E-state index in [4.69, 9.17) is 0 Å². The minimum absolute atomic E-state index is 0.0182. The van der Waals surface area contributed by atoms with Crippen molar-refractivity contribution in [2.45, 2.75) is 66.6 Å². The van der Waals surface area contributed by atoms with Gasteiger partial charge >= 0.3 is 0 Å². The van der Waals surface area contributed by atoms with Gasteiger partial charge in [0.25, 0.3) is 0 Å². The highest BCUT2D eigenvalue weighted by atomic mass is 19.1. The summed E-state index contributed by atoms with van der Waals surface area (Å²) in [6.45, 7) is 16.5. The van der Waals surface area contributed by atoms with Crippen LogP contribution in [0.4, 0.5) is 10.1 Å². The average molecular weight is 294 g/mol. The molecule has 0 bridgehead atoms. The molecule has 1 rings (SSSR count). The minimum atomic E-state index is -0.127. The second kappa shape index (κ2) is 7.26. The number of anilines is 1. The van der Waals surface area contributed by atoms with Gasteiger partial charge in [-0.3, -0.25) is 0 Å². The van der Waals surface area contributed by atoms with Crippen LogP contribution in [0.3, 0.4) is 0 Å². The molecule has 120 valence electrons. The molecule has 1 aromatic carbocycles. The van der Waals surface area contributed by atoms with Crippen molar-refractivity contribution in [2.24, 2.45) is 5.92 Å². The molecule has 0 unspecified atom stereocenters. The highest BCUT2D eigenvalue weighted by molar-refractivity contribution is 5.55. The predicted molar refractivity (Wildman–Crippen MR) is 90.3 cm³/mol. The Balaban J connectivity index is 3.13. The van der Waals surface area contributed by atoms with Gasteiger partial charge in [0.15, 0.2) is 0 Å². The molecule has 1 aromatic rings. The van der Waals surface area contributed by atoms with Crippen LogP contribution < -0.4 is 10.2 Å². The third kappa shape index (κ3) is 5.66. The summed E-state index contributed by atoms with van der Waals surface area (Å²) >= 11 is 0. The topological polar surface area (TPSA) is 15.3 Å². The third-order valence-electron chi connectivity index (χ3n) is 3.35. The Morgan fingerprint density at radius 2 is 1.76 bits per heavy atom. The van der Waals surface area contributed by atoms with Crippen LogP contribution in [0, 0.1) is 11.7 Å². The molecule has 0 spiro atoms. The van der Waals surface area contributed by atoms with Gasteiger partial charge in [-0.15, -0.1) is 0 Å². The van der Waals surface area contributed by atoms with Crippen molar-refractivity contribution in [1.29, 1.82) is 0 Å². The summed E-state index contributed by atoms with van der Waals surface area (Å²) in [6.07, 6.45) is 0. The SMILES string of the molecule is CC(C)CN(c1c(F)cccc1CNC(C)(C)C)C(C)C. The van der Waals surface area contributed by atoms with Gasteiger partial charge in [0.05, 0.1) is 5.69 Å². The molecule has 0 aromatic heterocycles. The monoisotopic (exact) mass is 294 g/mol. The quantitative estimate of drug-likeness (QED) is 0.826. The predicted octanol–water partition coefficient (Wildman–Crippen LogP) is 4.58. The van der Waals surface area contributed by atoms with E-state index in [1.54, 1.807) is 12.1 Å². The summed E-state index contributed by atoms with van der Waals surface area (Å²) in [7, 11) is 0. The van der Waals surface area contributed by atoms with Gasteiger partial charge in [0, 0.05) is 24.7 Å². The summed E-state index contributed by atoms with van der Waals surface area (Å²) in [5.74, 6) is 0.369. The number of nitrogens with one attached hydrogen (secondary N) is 1. The second-order valence-electron chi connectivity index (χ2n) is 7.49. The van der Waals surface area contributed by atoms with E-state index in [0.717, 1.165) is 17.8 Å². The van der Waals surface area contributed by atoms with Crippen LogP contribution in [0.2, 0.25) is 0 Å². The molecule has 0 aliphatic rings. The molecule has 0 heterocycles. The highest BCUT2D eigenvalue weighted by Crippen LogP contribution is 2.27. The van der Waals surface area contributed by atoms with Gasteiger partial charge in [-0.2, -0.15) is 0 Å². The Morgan fingerprint density at radius 1 is 1.14 bits per heavy atom. The summed E-state index contributed by atoms with van der Waals surface area (Å²) in [4.78, 5) is 2.18. The summed E-state index contributed by atoms with van der Waals surface area (Å²) in [5, 5.41) is 3.46. The maximum Gasteiger partial charge on any atom is 0.146 e. The molecular weight excluding hydrogens is 263 g/mol. The second-order valence-corrected chi connectivity index (χ2v) is 7.49. The molecule has 21 heavy (non-hydrogen) atoms. The summed E-state index contributed by atoms with van der Waals surface area (Å²) < 4.78 is 14.5. The number of halogens is 1. The molecule has 2 nitrogen and oxygen atoms in total. The zero-order valence-electron chi connectivity index (χ0n) is 14.6. The Kier molecular flexibility index (Phi) is 6.21. The molecule has 0 fully saturated rings. The van der Waals surface area contributed by atoms with Gasteiger partial charge in [-0.1, -0.05) is 26.0 Å². The number of benzene rings is 1. The first-order chi connectivity index (χ1) is 9.61. The Labute approximate surface area is 129 Å². The first-order valence-corrected chi connectivity index (χ1v) is 7.91. The van der Waals surface area contributed by atoms with Gasteiger partial charge < -0.3 is 10.2 Å². The van der Waals surface area contributed by atoms with E-state index in [1.807, 2.05) is 6.07 Å². The number of nitrogens with zero attached hydrogens (tertiary/aromatic N) is 1. The Bertz CT molecular complexity index is 447. The van der Waals surface area contributed by atoms with E-state index in [-0.39, 0.29) is 17.4 Å². The van der Waals surface area contributed by atoms with Crippen molar-refractivity contribution < 1.29 is 4.39 Å². The molecular formula is C18H31FN2. The smallest absolute Gasteiger partial charge is 0.146 e. The van der Waals surface area contributed by atoms with Crippen molar-refractivity contribution in [3.63, 3.8) is 0 Å². The number of hydrogen-bond donors (Lipinski definition) is 1. The minimum Gasteiger partial charge on any atom is -0.366 e. The third-order valence-corrected chi connectivity index (χ3v) is 3.35. The lowest BCUT2D eigenvalue weighted by atomic mass is 10.0. The lowest BCUT2D eigenvalue weighted by molar-refractivity contribution is 0.423. The van der Waals surface area contributed by atoms with Gasteiger partial charge in [0.2, 0.25) is 0 Å². The van der Waals surface area contributed by atoms with E-state index in [1.165, 1.54) is 0 Å². The molecule has 1 N–H and O–H groups in total. The van der Waals surface area contributed by atoms with Crippen LogP contribution in [-0.4, -0.2) is 18.1 Å². The van der Waals surface area contributed by atoms with Crippen molar-refractivity contribution >= 4 is 5.69 Å². The average Bonchev–Trinajstić information content (AvgIpc) is 2.32. The van der Waals surface area contributed by atoms with E-state index < -0.39 is 0 Å². The Hall–Kier alpha value is -1.09. The van der Waals surface area contributed by atoms with E-state index in [0.29, 0.717) is 12.5 Å². The van der Waals surface area contributed by atoms with Crippen LogP contribution >= 0.6 is 0 Å². The maximum atomic E-state index is 14.5. The molecule has 0 atom stereocenters. The number of para-hydroxylation sites is 1. The summed E-state index contributed by atoms with van der Waals surface area (Å²) in [6, 6.07) is 5.66. The fourth-order valence-electron chi connectivity index (χ4n) is 2.34. The van der Waals surface area contributed by atoms with E-state index >= 15 is 0 Å². The first kappa shape index (κ1) is 18.0. The van der Waals surface area contributed by atoms with Crippen molar-refractivity contribution in [3.8, 4) is 0 Å². The molecule has 0 radical (unpaired) electrons. The zero-order chi connectivity index (χ0) is 16.2. The number of hydrogen-bond acceptors (Lipinski definition) is 2.